The molecular weight excluding hydrogens is 354 g/mol. The highest BCUT2D eigenvalue weighted by molar-refractivity contribution is 6.00. The average Bonchev–Trinajstić information content (AvgIpc) is 3.40. The number of hydrogen-bond donors (Lipinski definition) is 0. The van der Waals surface area contributed by atoms with E-state index >= 15 is 0 Å². The standard InChI is InChI=1S/C26H27N3/c1-25(2)13-26(3,4)23-21(25)22-16(6-5-9-27-22)24-28-19-11-17-14-7-8-15(10-14)18(17)12-20(19)29(23)24/h5-6,9,11-12,14-15H,7-8,10,13H2,1-4H3. The van der Waals surface area contributed by atoms with Crippen LogP contribution in [0.1, 0.15) is 87.6 Å². The molecule has 1 aromatic carbocycles. The summed E-state index contributed by atoms with van der Waals surface area (Å²) in [5.41, 5.74) is 10.9. The van der Waals surface area contributed by atoms with E-state index in [0.717, 1.165) is 34.9 Å². The van der Waals surface area contributed by atoms with Crippen molar-refractivity contribution in [2.75, 3.05) is 0 Å². The maximum Gasteiger partial charge on any atom is 0.147 e. The molecule has 3 heterocycles. The van der Waals surface area contributed by atoms with Gasteiger partial charge in [0.2, 0.25) is 0 Å². The Labute approximate surface area is 171 Å². The van der Waals surface area contributed by atoms with E-state index in [1.165, 1.54) is 41.4 Å². The molecule has 3 aliphatic rings. The molecule has 3 nitrogen and oxygen atoms in total. The van der Waals surface area contributed by atoms with Crippen molar-refractivity contribution in [1.29, 1.82) is 0 Å². The number of nitrogens with zero attached hydrogens (tertiary/aromatic N) is 3. The first kappa shape index (κ1) is 16.4. The molecule has 4 aromatic rings. The van der Waals surface area contributed by atoms with Crippen LogP contribution in [-0.2, 0) is 10.8 Å². The Hall–Kier alpha value is -2.42. The summed E-state index contributed by atoms with van der Waals surface area (Å²) in [4.78, 5) is 10.1. The van der Waals surface area contributed by atoms with Crippen molar-refractivity contribution >= 4 is 27.6 Å². The molecule has 0 spiro atoms. The molecule has 1 saturated carbocycles. The van der Waals surface area contributed by atoms with Crippen molar-refractivity contribution in [2.24, 2.45) is 0 Å². The first-order valence-corrected chi connectivity index (χ1v) is 11.1. The van der Waals surface area contributed by atoms with E-state index < -0.39 is 0 Å². The van der Waals surface area contributed by atoms with Crippen LogP contribution in [0, 0.1) is 0 Å². The van der Waals surface area contributed by atoms with E-state index in [1.54, 1.807) is 11.1 Å². The Morgan fingerprint density at radius 3 is 2.55 bits per heavy atom. The zero-order valence-electron chi connectivity index (χ0n) is 17.7. The van der Waals surface area contributed by atoms with Crippen molar-refractivity contribution in [3.63, 3.8) is 0 Å². The maximum atomic E-state index is 5.22. The van der Waals surface area contributed by atoms with Gasteiger partial charge in [-0.15, -0.1) is 0 Å². The second-order valence-electron chi connectivity index (χ2n) is 11.0. The van der Waals surface area contributed by atoms with Crippen LogP contribution < -0.4 is 0 Å². The average molecular weight is 382 g/mol. The van der Waals surface area contributed by atoms with Gasteiger partial charge in [-0.25, -0.2) is 4.98 Å². The van der Waals surface area contributed by atoms with Crippen LogP contribution in [0.15, 0.2) is 30.5 Å². The number of fused-ring (bicyclic) bond motifs is 13. The van der Waals surface area contributed by atoms with E-state index in [0.29, 0.717) is 0 Å². The van der Waals surface area contributed by atoms with Crippen molar-refractivity contribution in [3.8, 4) is 0 Å². The van der Waals surface area contributed by atoms with Crippen LogP contribution >= 0.6 is 0 Å². The molecule has 0 saturated heterocycles. The number of imidazole rings is 1. The summed E-state index contributed by atoms with van der Waals surface area (Å²) >= 11 is 0. The maximum absolute atomic E-state index is 5.22. The van der Waals surface area contributed by atoms with Gasteiger partial charge >= 0.3 is 0 Å². The van der Waals surface area contributed by atoms with Gasteiger partial charge in [0, 0.05) is 28.3 Å². The fraction of sp³-hybridized carbons (Fsp3) is 0.462. The predicted molar refractivity (Wildman–Crippen MR) is 118 cm³/mol. The van der Waals surface area contributed by atoms with Crippen LogP contribution in [0.3, 0.4) is 0 Å². The smallest absolute Gasteiger partial charge is 0.147 e. The SMILES string of the molecule is CC1(C)CC(C)(C)c2c1c1ncccc1c1nc3cc4c(cc3n21)C1CCC4C1. The normalized spacial score (nSPS) is 25.9. The number of hydrogen-bond acceptors (Lipinski definition) is 2. The molecule has 3 aromatic heterocycles. The highest BCUT2D eigenvalue weighted by Crippen LogP contribution is 2.55. The van der Waals surface area contributed by atoms with Gasteiger partial charge in [-0.1, -0.05) is 27.7 Å². The summed E-state index contributed by atoms with van der Waals surface area (Å²) in [6.07, 6.45) is 7.16. The number of rotatable bonds is 0. The van der Waals surface area contributed by atoms with E-state index in [2.05, 4.69) is 56.4 Å². The molecule has 0 N–H and O–H groups in total. The van der Waals surface area contributed by atoms with E-state index in [4.69, 9.17) is 9.97 Å². The minimum atomic E-state index is 0.0917. The van der Waals surface area contributed by atoms with Gasteiger partial charge in [-0.2, -0.15) is 0 Å². The summed E-state index contributed by atoms with van der Waals surface area (Å²) in [7, 11) is 0. The Bertz CT molecular complexity index is 1370. The summed E-state index contributed by atoms with van der Waals surface area (Å²) in [5.74, 6) is 1.54. The topological polar surface area (TPSA) is 30.2 Å². The first-order chi connectivity index (χ1) is 13.9. The molecule has 29 heavy (non-hydrogen) atoms. The summed E-state index contributed by atoms with van der Waals surface area (Å²) in [6.45, 7) is 9.57. The predicted octanol–water partition coefficient (Wildman–Crippen LogP) is 6.36. The zero-order valence-corrected chi connectivity index (χ0v) is 17.7. The van der Waals surface area contributed by atoms with E-state index in [1.807, 2.05) is 6.20 Å². The summed E-state index contributed by atoms with van der Waals surface area (Å²) < 4.78 is 2.51. The summed E-state index contributed by atoms with van der Waals surface area (Å²) in [5, 5.41) is 1.19. The Morgan fingerprint density at radius 1 is 1.00 bits per heavy atom. The van der Waals surface area contributed by atoms with Gasteiger partial charge in [0.25, 0.3) is 0 Å². The minimum Gasteiger partial charge on any atom is -0.295 e. The van der Waals surface area contributed by atoms with Gasteiger partial charge in [0.15, 0.2) is 0 Å². The summed E-state index contributed by atoms with van der Waals surface area (Å²) in [6, 6.07) is 9.19. The fourth-order valence-electron chi connectivity index (χ4n) is 7.38. The second kappa shape index (κ2) is 4.83. The number of pyridine rings is 2. The molecule has 2 atom stereocenters. The lowest BCUT2D eigenvalue weighted by Gasteiger charge is -2.22. The molecule has 3 heteroatoms. The van der Waals surface area contributed by atoms with Gasteiger partial charge < -0.3 is 0 Å². The largest absolute Gasteiger partial charge is 0.295 e. The number of aromatic nitrogens is 3. The van der Waals surface area contributed by atoms with Crippen molar-refractivity contribution in [1.82, 2.24) is 14.4 Å². The van der Waals surface area contributed by atoms with Gasteiger partial charge in [0.1, 0.15) is 5.65 Å². The lowest BCUT2D eigenvalue weighted by atomic mass is 9.82. The molecule has 1 fully saturated rings. The second-order valence-corrected chi connectivity index (χ2v) is 11.0. The van der Waals surface area contributed by atoms with Crippen LogP contribution in [0.5, 0.6) is 0 Å². The third-order valence-electron chi connectivity index (χ3n) is 8.12. The molecule has 3 aliphatic carbocycles. The molecule has 2 bridgehead atoms. The molecule has 7 rings (SSSR count). The minimum absolute atomic E-state index is 0.0917. The highest BCUT2D eigenvalue weighted by atomic mass is 15.0. The Kier molecular flexibility index (Phi) is 2.73. The molecule has 146 valence electrons. The van der Waals surface area contributed by atoms with Crippen LogP contribution in [0.2, 0.25) is 0 Å². The quantitative estimate of drug-likeness (QED) is 0.355. The molecule has 2 unspecified atom stereocenters. The van der Waals surface area contributed by atoms with Crippen molar-refractivity contribution in [3.05, 3.63) is 52.8 Å². The van der Waals surface area contributed by atoms with Crippen LogP contribution in [0.4, 0.5) is 0 Å². The van der Waals surface area contributed by atoms with Crippen LogP contribution in [0.25, 0.3) is 27.6 Å². The lowest BCUT2D eigenvalue weighted by molar-refractivity contribution is 0.399. The lowest BCUT2D eigenvalue weighted by Crippen LogP contribution is -2.19. The monoisotopic (exact) mass is 381 g/mol. The molecule has 0 radical (unpaired) electrons. The van der Waals surface area contributed by atoms with E-state index in [9.17, 15) is 0 Å². The molecular formula is C26H27N3. The van der Waals surface area contributed by atoms with E-state index in [-0.39, 0.29) is 10.8 Å². The Balaban J connectivity index is 1.72. The number of benzene rings is 1. The van der Waals surface area contributed by atoms with Gasteiger partial charge in [-0.3, -0.25) is 9.38 Å². The van der Waals surface area contributed by atoms with Gasteiger partial charge in [0.05, 0.1) is 16.6 Å². The molecule has 0 aliphatic heterocycles. The third kappa shape index (κ3) is 1.85. The first-order valence-electron chi connectivity index (χ1n) is 11.1. The Morgan fingerprint density at radius 2 is 1.76 bits per heavy atom. The fourth-order valence-corrected chi connectivity index (χ4v) is 7.38. The molecule has 0 amide bonds. The van der Waals surface area contributed by atoms with Gasteiger partial charge in [-0.05, 0) is 78.3 Å². The van der Waals surface area contributed by atoms with Crippen molar-refractivity contribution < 1.29 is 0 Å². The zero-order chi connectivity index (χ0) is 19.7. The third-order valence-corrected chi connectivity index (χ3v) is 8.12. The van der Waals surface area contributed by atoms with Crippen molar-refractivity contribution in [2.45, 2.75) is 76.0 Å². The van der Waals surface area contributed by atoms with Crippen LogP contribution in [-0.4, -0.2) is 14.4 Å². The highest BCUT2D eigenvalue weighted by Gasteiger charge is 2.46.